The summed E-state index contributed by atoms with van der Waals surface area (Å²) in [5.41, 5.74) is 8.18. The van der Waals surface area contributed by atoms with Crippen LogP contribution in [-0.2, 0) is 10.2 Å². The van der Waals surface area contributed by atoms with Crippen molar-refractivity contribution >= 4 is 5.91 Å². The average Bonchev–Trinajstić information content (AvgIpc) is 2.56. The zero-order chi connectivity index (χ0) is 16.9. The monoisotopic (exact) mass is 310 g/mol. The maximum atomic E-state index is 12.3. The second kappa shape index (κ2) is 7.42. The van der Waals surface area contributed by atoms with Crippen molar-refractivity contribution in [2.75, 3.05) is 0 Å². The molecule has 2 aromatic rings. The molecular formula is C20H26N2O. The van der Waals surface area contributed by atoms with E-state index in [1.165, 1.54) is 5.56 Å². The molecule has 23 heavy (non-hydrogen) atoms. The fourth-order valence-corrected chi connectivity index (χ4v) is 2.62. The Bertz CT molecular complexity index is 623. The summed E-state index contributed by atoms with van der Waals surface area (Å²) in [6.45, 7) is 6.33. The zero-order valence-electron chi connectivity index (χ0n) is 14.1. The fraction of sp³-hybridized carbons (Fsp3) is 0.350. The Morgan fingerprint density at radius 1 is 1.04 bits per heavy atom. The van der Waals surface area contributed by atoms with E-state index >= 15 is 0 Å². The highest BCUT2D eigenvalue weighted by molar-refractivity contribution is 5.77. The molecule has 0 heterocycles. The van der Waals surface area contributed by atoms with E-state index in [2.05, 4.69) is 31.3 Å². The van der Waals surface area contributed by atoms with E-state index in [1.54, 1.807) is 0 Å². The number of benzene rings is 2. The van der Waals surface area contributed by atoms with Gasteiger partial charge in [-0.1, -0.05) is 74.5 Å². The van der Waals surface area contributed by atoms with Gasteiger partial charge in [0, 0.05) is 23.9 Å². The van der Waals surface area contributed by atoms with Gasteiger partial charge in [-0.2, -0.15) is 0 Å². The number of carbonyl (C=O) groups excluding carboxylic acids is 1. The van der Waals surface area contributed by atoms with Crippen molar-refractivity contribution in [1.29, 1.82) is 0 Å². The minimum Gasteiger partial charge on any atom is -0.353 e. The summed E-state index contributed by atoms with van der Waals surface area (Å²) in [6, 6.07) is 19.7. The second-order valence-electron chi connectivity index (χ2n) is 6.60. The Labute approximate surface area is 138 Å². The van der Waals surface area contributed by atoms with Gasteiger partial charge >= 0.3 is 0 Å². The standard InChI is InChI=1S/C20H26N2O/c1-15(20(2,3)17-12-8-5-9-13-17)22-19(23)14-18(21)16-10-6-4-7-11-16/h4-13,15,18H,14,21H2,1-3H3,(H,22,23). The van der Waals surface area contributed by atoms with Crippen molar-refractivity contribution in [3.05, 3.63) is 71.8 Å². The van der Waals surface area contributed by atoms with Crippen LogP contribution in [0.3, 0.4) is 0 Å². The van der Waals surface area contributed by atoms with Crippen molar-refractivity contribution in [3.63, 3.8) is 0 Å². The third-order valence-corrected chi connectivity index (χ3v) is 4.61. The number of rotatable bonds is 6. The number of hydrogen-bond donors (Lipinski definition) is 2. The molecule has 3 heteroatoms. The Morgan fingerprint density at radius 2 is 1.57 bits per heavy atom. The van der Waals surface area contributed by atoms with Crippen LogP contribution in [0.2, 0.25) is 0 Å². The summed E-state index contributed by atoms with van der Waals surface area (Å²) in [5.74, 6) is -0.0159. The molecule has 0 radical (unpaired) electrons. The van der Waals surface area contributed by atoms with Crippen LogP contribution in [0.1, 0.15) is 44.4 Å². The summed E-state index contributed by atoms with van der Waals surface area (Å²) in [6.07, 6.45) is 0.291. The van der Waals surface area contributed by atoms with Gasteiger partial charge in [0.15, 0.2) is 0 Å². The molecule has 0 saturated heterocycles. The lowest BCUT2D eigenvalue weighted by Crippen LogP contribution is -2.46. The quantitative estimate of drug-likeness (QED) is 0.857. The molecule has 122 valence electrons. The Hall–Kier alpha value is -2.13. The normalized spacial score (nSPS) is 14.1. The largest absolute Gasteiger partial charge is 0.353 e. The Balaban J connectivity index is 1.97. The van der Waals surface area contributed by atoms with E-state index in [9.17, 15) is 4.79 Å². The van der Waals surface area contributed by atoms with Gasteiger partial charge in [-0.05, 0) is 18.1 Å². The third-order valence-electron chi connectivity index (χ3n) is 4.61. The highest BCUT2D eigenvalue weighted by Gasteiger charge is 2.29. The first kappa shape index (κ1) is 17.2. The summed E-state index contributed by atoms with van der Waals surface area (Å²) in [5, 5.41) is 3.10. The Morgan fingerprint density at radius 3 is 2.13 bits per heavy atom. The van der Waals surface area contributed by atoms with Crippen LogP contribution in [0, 0.1) is 0 Å². The fourth-order valence-electron chi connectivity index (χ4n) is 2.62. The van der Waals surface area contributed by atoms with Crippen molar-refractivity contribution in [2.45, 2.75) is 44.7 Å². The first-order valence-electron chi connectivity index (χ1n) is 8.06. The van der Waals surface area contributed by atoms with Crippen LogP contribution in [0.15, 0.2) is 60.7 Å². The molecule has 3 N–H and O–H groups in total. The first-order chi connectivity index (χ1) is 10.9. The molecule has 0 bridgehead atoms. The molecule has 0 aliphatic heterocycles. The van der Waals surface area contributed by atoms with Crippen LogP contribution in [-0.4, -0.2) is 11.9 Å². The van der Waals surface area contributed by atoms with E-state index in [4.69, 9.17) is 5.73 Å². The average molecular weight is 310 g/mol. The molecule has 2 aromatic carbocycles. The van der Waals surface area contributed by atoms with Gasteiger partial charge in [-0.3, -0.25) is 4.79 Å². The molecular weight excluding hydrogens is 284 g/mol. The molecule has 2 unspecified atom stereocenters. The van der Waals surface area contributed by atoms with E-state index < -0.39 is 0 Å². The van der Waals surface area contributed by atoms with Crippen molar-refractivity contribution in [3.8, 4) is 0 Å². The topological polar surface area (TPSA) is 55.1 Å². The SMILES string of the molecule is CC(NC(=O)CC(N)c1ccccc1)C(C)(C)c1ccccc1. The van der Waals surface area contributed by atoms with Gasteiger partial charge < -0.3 is 11.1 Å². The van der Waals surface area contributed by atoms with Gasteiger partial charge in [-0.25, -0.2) is 0 Å². The number of nitrogens with one attached hydrogen (secondary N) is 1. The van der Waals surface area contributed by atoms with Crippen molar-refractivity contribution in [1.82, 2.24) is 5.32 Å². The van der Waals surface area contributed by atoms with Crippen molar-refractivity contribution < 1.29 is 4.79 Å². The zero-order valence-corrected chi connectivity index (χ0v) is 14.1. The van der Waals surface area contributed by atoms with Gasteiger partial charge in [-0.15, -0.1) is 0 Å². The highest BCUT2D eigenvalue weighted by atomic mass is 16.1. The van der Waals surface area contributed by atoms with Gasteiger partial charge in [0.05, 0.1) is 0 Å². The van der Waals surface area contributed by atoms with E-state index in [-0.39, 0.29) is 23.4 Å². The lowest BCUT2D eigenvalue weighted by molar-refractivity contribution is -0.122. The molecule has 2 rings (SSSR count). The van der Waals surface area contributed by atoms with Crippen molar-refractivity contribution in [2.24, 2.45) is 5.73 Å². The van der Waals surface area contributed by atoms with Gasteiger partial charge in [0.1, 0.15) is 0 Å². The predicted molar refractivity (Wildman–Crippen MR) is 95.1 cm³/mol. The minimum atomic E-state index is -0.275. The molecule has 2 atom stereocenters. The number of amides is 1. The molecule has 0 aromatic heterocycles. The maximum absolute atomic E-state index is 12.3. The first-order valence-corrected chi connectivity index (χ1v) is 8.06. The smallest absolute Gasteiger partial charge is 0.222 e. The summed E-state index contributed by atoms with van der Waals surface area (Å²) in [7, 11) is 0. The highest BCUT2D eigenvalue weighted by Crippen LogP contribution is 2.27. The van der Waals surface area contributed by atoms with E-state index in [1.807, 2.05) is 55.5 Å². The van der Waals surface area contributed by atoms with Crippen LogP contribution >= 0.6 is 0 Å². The van der Waals surface area contributed by atoms with E-state index in [0.717, 1.165) is 5.56 Å². The van der Waals surface area contributed by atoms with Crippen LogP contribution in [0.25, 0.3) is 0 Å². The minimum absolute atomic E-state index is 0.0142. The summed E-state index contributed by atoms with van der Waals surface area (Å²) in [4.78, 5) is 12.3. The number of hydrogen-bond acceptors (Lipinski definition) is 2. The molecule has 0 saturated carbocycles. The third kappa shape index (κ3) is 4.42. The van der Waals surface area contributed by atoms with Crippen LogP contribution in [0.5, 0.6) is 0 Å². The molecule has 0 spiro atoms. The number of nitrogens with two attached hydrogens (primary N) is 1. The second-order valence-corrected chi connectivity index (χ2v) is 6.60. The molecule has 0 fully saturated rings. The van der Waals surface area contributed by atoms with Crippen LogP contribution in [0.4, 0.5) is 0 Å². The lowest BCUT2D eigenvalue weighted by Gasteiger charge is -2.33. The Kier molecular flexibility index (Phi) is 5.56. The predicted octanol–water partition coefficient (Wildman–Crippen LogP) is 3.56. The number of carbonyl (C=O) groups is 1. The molecule has 0 aliphatic carbocycles. The van der Waals surface area contributed by atoms with E-state index in [0.29, 0.717) is 6.42 Å². The summed E-state index contributed by atoms with van der Waals surface area (Å²) < 4.78 is 0. The lowest BCUT2D eigenvalue weighted by atomic mass is 9.78. The molecule has 0 aliphatic rings. The maximum Gasteiger partial charge on any atom is 0.222 e. The molecule has 3 nitrogen and oxygen atoms in total. The van der Waals surface area contributed by atoms with Gasteiger partial charge in [0.25, 0.3) is 0 Å². The van der Waals surface area contributed by atoms with Crippen LogP contribution < -0.4 is 11.1 Å². The summed E-state index contributed by atoms with van der Waals surface area (Å²) >= 11 is 0. The van der Waals surface area contributed by atoms with Gasteiger partial charge in [0.2, 0.25) is 5.91 Å². The molecule has 1 amide bonds.